The van der Waals surface area contributed by atoms with Crippen LogP contribution in [0.3, 0.4) is 0 Å². The number of aromatic nitrogens is 3. The Morgan fingerprint density at radius 1 is 1.59 bits per heavy atom. The van der Waals surface area contributed by atoms with Crippen LogP contribution in [0.2, 0.25) is 0 Å². The van der Waals surface area contributed by atoms with E-state index < -0.39 is 17.9 Å². The summed E-state index contributed by atoms with van der Waals surface area (Å²) in [7, 11) is 0. The lowest BCUT2D eigenvalue weighted by Gasteiger charge is -2.09. The smallest absolute Gasteiger partial charge is 0.326 e. The fourth-order valence-electron chi connectivity index (χ4n) is 1.48. The van der Waals surface area contributed by atoms with Crippen molar-refractivity contribution in [2.45, 2.75) is 38.1 Å². The van der Waals surface area contributed by atoms with Gasteiger partial charge in [-0.05, 0) is 19.3 Å². The molecule has 1 fully saturated rings. The number of hydrogen-bond donors (Lipinski definition) is 3. The zero-order valence-corrected chi connectivity index (χ0v) is 9.43. The molecule has 1 aliphatic rings. The van der Waals surface area contributed by atoms with E-state index in [1.807, 2.05) is 0 Å². The molecule has 7 nitrogen and oxygen atoms in total. The zero-order chi connectivity index (χ0) is 12.4. The highest BCUT2D eigenvalue weighted by molar-refractivity contribution is 5.93. The van der Waals surface area contributed by atoms with E-state index in [-0.39, 0.29) is 5.82 Å². The number of H-pyrrole nitrogens is 1. The van der Waals surface area contributed by atoms with Gasteiger partial charge in [-0.3, -0.25) is 9.89 Å². The van der Waals surface area contributed by atoms with Gasteiger partial charge in [0.15, 0.2) is 0 Å². The van der Waals surface area contributed by atoms with Gasteiger partial charge in [-0.15, -0.1) is 5.10 Å². The lowest BCUT2D eigenvalue weighted by molar-refractivity contribution is -0.139. The standard InChI is InChI=1S/C10H14N4O3/c1-2-6(10(16)17)11-9(15)8-12-7(13-14-8)5-3-4-5/h5-6H,2-4H2,1H3,(H,11,15)(H,16,17)(H,12,13,14). The van der Waals surface area contributed by atoms with Gasteiger partial charge in [0, 0.05) is 5.92 Å². The van der Waals surface area contributed by atoms with Crippen LogP contribution in [0, 0.1) is 0 Å². The maximum Gasteiger partial charge on any atom is 0.326 e. The molecule has 1 amide bonds. The second-order valence-corrected chi connectivity index (χ2v) is 4.09. The topological polar surface area (TPSA) is 108 Å². The maximum atomic E-state index is 11.7. The Hall–Kier alpha value is -1.92. The van der Waals surface area contributed by atoms with Crippen LogP contribution in [0.5, 0.6) is 0 Å². The number of carboxylic acids is 1. The molecule has 7 heteroatoms. The molecular weight excluding hydrogens is 224 g/mol. The molecule has 1 aromatic heterocycles. The van der Waals surface area contributed by atoms with Crippen LogP contribution >= 0.6 is 0 Å². The third-order valence-corrected chi connectivity index (χ3v) is 2.68. The fourth-order valence-corrected chi connectivity index (χ4v) is 1.48. The molecule has 3 N–H and O–H groups in total. The highest BCUT2D eigenvalue weighted by Gasteiger charge is 2.28. The third-order valence-electron chi connectivity index (χ3n) is 2.68. The van der Waals surface area contributed by atoms with Crippen molar-refractivity contribution >= 4 is 11.9 Å². The van der Waals surface area contributed by atoms with Gasteiger partial charge in [0.05, 0.1) is 0 Å². The number of aromatic amines is 1. The van der Waals surface area contributed by atoms with Crippen molar-refractivity contribution in [1.29, 1.82) is 0 Å². The first kappa shape index (κ1) is 11.6. The van der Waals surface area contributed by atoms with E-state index >= 15 is 0 Å². The number of carbonyl (C=O) groups excluding carboxylic acids is 1. The average Bonchev–Trinajstić information content (AvgIpc) is 3.03. The van der Waals surface area contributed by atoms with E-state index in [1.54, 1.807) is 6.92 Å². The Morgan fingerprint density at radius 3 is 2.82 bits per heavy atom. The van der Waals surface area contributed by atoms with Crippen LogP contribution in [-0.2, 0) is 4.79 Å². The molecule has 1 unspecified atom stereocenters. The van der Waals surface area contributed by atoms with Crippen molar-refractivity contribution in [2.24, 2.45) is 0 Å². The molecule has 0 saturated heterocycles. The molecule has 0 bridgehead atoms. The van der Waals surface area contributed by atoms with E-state index in [0.717, 1.165) is 12.8 Å². The van der Waals surface area contributed by atoms with Crippen LogP contribution in [0.4, 0.5) is 0 Å². The molecule has 17 heavy (non-hydrogen) atoms. The van der Waals surface area contributed by atoms with E-state index in [2.05, 4.69) is 20.5 Å². The molecular formula is C10H14N4O3. The van der Waals surface area contributed by atoms with Gasteiger partial charge >= 0.3 is 5.97 Å². The summed E-state index contributed by atoms with van der Waals surface area (Å²) in [4.78, 5) is 26.5. The molecule has 1 aliphatic carbocycles. The van der Waals surface area contributed by atoms with Crippen molar-refractivity contribution in [2.75, 3.05) is 0 Å². The highest BCUT2D eigenvalue weighted by Crippen LogP contribution is 2.37. The Labute approximate surface area is 97.6 Å². The first-order valence-corrected chi connectivity index (χ1v) is 5.57. The summed E-state index contributed by atoms with van der Waals surface area (Å²) in [6.45, 7) is 1.69. The maximum absolute atomic E-state index is 11.7. The lowest BCUT2D eigenvalue weighted by atomic mass is 10.2. The van der Waals surface area contributed by atoms with E-state index in [0.29, 0.717) is 18.2 Å². The predicted molar refractivity (Wildman–Crippen MR) is 57.5 cm³/mol. The minimum atomic E-state index is -1.06. The summed E-state index contributed by atoms with van der Waals surface area (Å²) < 4.78 is 0. The van der Waals surface area contributed by atoms with Crippen molar-refractivity contribution in [3.05, 3.63) is 11.6 Å². The number of hydrogen-bond acceptors (Lipinski definition) is 4. The van der Waals surface area contributed by atoms with Gasteiger partial charge in [0.1, 0.15) is 11.9 Å². The summed E-state index contributed by atoms with van der Waals surface area (Å²) >= 11 is 0. The predicted octanol–water partition coefficient (Wildman–Crippen LogP) is 0.275. The minimum absolute atomic E-state index is 0.00611. The van der Waals surface area contributed by atoms with E-state index in [1.165, 1.54) is 0 Å². The van der Waals surface area contributed by atoms with Crippen molar-refractivity contribution in [3.63, 3.8) is 0 Å². The van der Waals surface area contributed by atoms with E-state index in [9.17, 15) is 9.59 Å². The van der Waals surface area contributed by atoms with Crippen molar-refractivity contribution in [1.82, 2.24) is 20.5 Å². The molecule has 0 aromatic carbocycles. The van der Waals surface area contributed by atoms with Gasteiger partial charge in [-0.1, -0.05) is 6.92 Å². The van der Waals surface area contributed by atoms with Gasteiger partial charge < -0.3 is 10.4 Å². The van der Waals surface area contributed by atoms with Gasteiger partial charge in [0.2, 0.25) is 5.82 Å². The molecule has 2 rings (SSSR count). The molecule has 1 saturated carbocycles. The van der Waals surface area contributed by atoms with E-state index in [4.69, 9.17) is 5.11 Å². The van der Waals surface area contributed by atoms with Crippen LogP contribution in [0.1, 0.15) is 48.5 Å². The molecule has 1 heterocycles. The second kappa shape index (κ2) is 4.52. The number of aliphatic carboxylic acids is 1. The number of amides is 1. The Balaban J connectivity index is 2.00. The lowest BCUT2D eigenvalue weighted by Crippen LogP contribution is -2.40. The average molecular weight is 238 g/mol. The van der Waals surface area contributed by atoms with Crippen LogP contribution < -0.4 is 5.32 Å². The number of nitrogens with one attached hydrogen (secondary N) is 2. The first-order chi connectivity index (χ1) is 8.11. The monoisotopic (exact) mass is 238 g/mol. The first-order valence-electron chi connectivity index (χ1n) is 5.57. The van der Waals surface area contributed by atoms with Gasteiger partial charge in [-0.25, -0.2) is 9.78 Å². The highest BCUT2D eigenvalue weighted by atomic mass is 16.4. The van der Waals surface area contributed by atoms with Crippen molar-refractivity contribution < 1.29 is 14.7 Å². The molecule has 1 atom stereocenters. The fraction of sp³-hybridized carbons (Fsp3) is 0.600. The summed E-state index contributed by atoms with van der Waals surface area (Å²) in [5.41, 5.74) is 0. The Morgan fingerprint density at radius 2 is 2.29 bits per heavy atom. The third kappa shape index (κ3) is 2.61. The molecule has 92 valence electrons. The molecule has 0 radical (unpaired) electrons. The van der Waals surface area contributed by atoms with Crippen LogP contribution in [-0.4, -0.2) is 38.2 Å². The summed E-state index contributed by atoms with van der Waals surface area (Å²) in [5.74, 6) is -0.517. The second-order valence-electron chi connectivity index (χ2n) is 4.09. The Kier molecular flexibility index (Phi) is 3.08. The quantitative estimate of drug-likeness (QED) is 0.682. The minimum Gasteiger partial charge on any atom is -0.480 e. The van der Waals surface area contributed by atoms with Crippen LogP contribution in [0.15, 0.2) is 0 Å². The summed E-state index contributed by atoms with van der Waals surface area (Å²) in [6.07, 6.45) is 2.44. The largest absolute Gasteiger partial charge is 0.480 e. The zero-order valence-electron chi connectivity index (χ0n) is 9.43. The number of rotatable bonds is 5. The molecule has 0 aliphatic heterocycles. The van der Waals surface area contributed by atoms with Gasteiger partial charge in [-0.2, -0.15) is 0 Å². The summed E-state index contributed by atoms with van der Waals surface area (Å²) in [6, 6.07) is -0.898. The normalized spacial score (nSPS) is 16.5. The number of carbonyl (C=O) groups is 2. The number of nitrogens with zero attached hydrogens (tertiary/aromatic N) is 2. The van der Waals surface area contributed by atoms with Gasteiger partial charge in [0.25, 0.3) is 5.91 Å². The van der Waals surface area contributed by atoms with Crippen molar-refractivity contribution in [3.8, 4) is 0 Å². The van der Waals surface area contributed by atoms with Crippen LogP contribution in [0.25, 0.3) is 0 Å². The Bertz CT molecular complexity index is 439. The number of carboxylic acid groups (broad SMARTS) is 1. The summed E-state index contributed by atoms with van der Waals surface area (Å²) in [5, 5.41) is 17.7. The molecule has 0 spiro atoms. The SMILES string of the molecule is CCC(NC(=O)c1n[nH]c(C2CC2)n1)C(=O)O. The molecule has 1 aromatic rings.